The summed E-state index contributed by atoms with van der Waals surface area (Å²) >= 11 is 0. The molecule has 3 rings (SSSR count). The van der Waals surface area contributed by atoms with Crippen LogP contribution in [-0.2, 0) is 32.7 Å². The second-order valence-electron chi connectivity index (χ2n) is 4.09. The minimum Gasteiger partial charge on any atom is -0.267 e. The Hall–Kier alpha value is -0.656. The van der Waals surface area contributed by atoms with Crippen LogP contribution in [-0.4, -0.2) is 0 Å². The molecule has 0 N–H and O–H groups in total. The molecule has 2 heteroatoms. The van der Waals surface area contributed by atoms with E-state index in [1.165, 1.54) is 27.5 Å². The van der Waals surface area contributed by atoms with Crippen molar-refractivity contribution in [2.24, 2.45) is 0 Å². The predicted octanol–water partition coefficient (Wildman–Crippen LogP) is 2.91. The molecule has 2 aromatic heterocycles. The summed E-state index contributed by atoms with van der Waals surface area (Å²) in [5.74, 6) is 0. The van der Waals surface area contributed by atoms with Gasteiger partial charge in [-0.2, -0.15) is 0 Å². The average molecular weight is 284 g/mol. The van der Waals surface area contributed by atoms with Crippen LogP contribution in [0.4, 0.5) is 0 Å². The summed E-state index contributed by atoms with van der Waals surface area (Å²) in [6, 6.07) is 12.9. The molecule has 0 aliphatic heterocycles. The molecule has 0 aliphatic rings. The van der Waals surface area contributed by atoms with Crippen molar-refractivity contribution in [2.45, 2.75) is 13.8 Å². The molecule has 0 unspecified atom stereocenters. The van der Waals surface area contributed by atoms with Crippen LogP contribution in [0.2, 0.25) is 0 Å². The van der Waals surface area contributed by atoms with Crippen molar-refractivity contribution < 1.29 is 37.1 Å². The third-order valence-corrected chi connectivity index (χ3v) is 3.05. The quantitative estimate of drug-likeness (QED) is 0.441. The third-order valence-electron chi connectivity index (χ3n) is 3.05. The first-order chi connectivity index (χ1) is 7.27. The summed E-state index contributed by atoms with van der Waals surface area (Å²) < 4.78 is 2.28. The summed E-state index contributed by atoms with van der Waals surface area (Å²) in [5.41, 5.74) is 3.92. The Morgan fingerprint density at radius 2 is 1.81 bits per heavy atom. The van der Waals surface area contributed by atoms with Crippen LogP contribution in [0.25, 0.3) is 16.3 Å². The van der Waals surface area contributed by atoms with Gasteiger partial charge in [-0.15, -0.1) is 6.07 Å². The summed E-state index contributed by atoms with van der Waals surface area (Å²) in [7, 11) is 0. The summed E-state index contributed by atoms with van der Waals surface area (Å²) in [4.78, 5) is 0. The maximum Gasteiger partial charge on any atom is 0.123 e. The fourth-order valence-corrected chi connectivity index (χ4v) is 2.26. The van der Waals surface area contributed by atoms with Crippen LogP contribution >= 0.6 is 0 Å². The van der Waals surface area contributed by atoms with Crippen molar-refractivity contribution in [2.75, 3.05) is 0 Å². The number of aromatic nitrogens is 1. The number of hydrogen-bond acceptors (Lipinski definition) is 0. The molecule has 1 nitrogen and oxygen atoms in total. The van der Waals surface area contributed by atoms with Gasteiger partial charge in [0.15, 0.2) is 0 Å². The van der Waals surface area contributed by atoms with Crippen LogP contribution in [0.1, 0.15) is 11.3 Å². The molecule has 0 saturated heterocycles. The standard InChI is InChI=1S/C14H13N.Y/c1-10-7-8-14-13-6-4-3-5-12(13)11(2)15(14)9-10;/h3-9H,1-2H3;. The average Bonchev–Trinajstić information content (AvgIpc) is 2.54. The zero-order valence-corrected chi connectivity index (χ0v) is 12.4. The molecule has 0 bridgehead atoms. The van der Waals surface area contributed by atoms with Crippen molar-refractivity contribution in [1.29, 1.82) is 0 Å². The predicted molar refractivity (Wildman–Crippen MR) is 62.2 cm³/mol. The smallest absolute Gasteiger partial charge is 0.123 e. The van der Waals surface area contributed by atoms with Gasteiger partial charge in [-0.25, -0.2) is 0 Å². The zero-order valence-electron chi connectivity index (χ0n) is 9.57. The number of rotatable bonds is 0. The second kappa shape index (κ2) is 4.31. The van der Waals surface area contributed by atoms with E-state index in [1.807, 2.05) is 0 Å². The van der Waals surface area contributed by atoms with Gasteiger partial charge in [-0.05, 0) is 30.9 Å². The first kappa shape index (κ1) is 11.8. The Labute approximate surface area is 120 Å². The molecule has 1 aromatic carbocycles. The normalized spacial score (nSPS) is 10.6. The zero-order chi connectivity index (χ0) is 10.4. The SMILES string of the molecule is Cc1ccc2c3ccccc3[c-](C)[n+]2c1.[Y]. The summed E-state index contributed by atoms with van der Waals surface area (Å²) in [6.07, 6.45) is 2.20. The van der Waals surface area contributed by atoms with E-state index in [4.69, 9.17) is 0 Å². The van der Waals surface area contributed by atoms with E-state index in [9.17, 15) is 0 Å². The van der Waals surface area contributed by atoms with Crippen LogP contribution in [0.15, 0.2) is 42.6 Å². The molecule has 1 radical (unpaired) electrons. The van der Waals surface area contributed by atoms with Gasteiger partial charge < -0.3 is 0 Å². The van der Waals surface area contributed by atoms with Crippen molar-refractivity contribution in [1.82, 2.24) is 0 Å². The molecule has 0 aliphatic carbocycles. The fraction of sp³-hybridized carbons (Fsp3) is 0.143. The Balaban J connectivity index is 0.000000963. The molecule has 0 amide bonds. The number of hydrogen-bond donors (Lipinski definition) is 0. The van der Waals surface area contributed by atoms with Gasteiger partial charge in [0, 0.05) is 32.7 Å². The first-order valence-corrected chi connectivity index (χ1v) is 5.23. The van der Waals surface area contributed by atoms with E-state index in [0.717, 1.165) is 0 Å². The number of benzene rings is 1. The van der Waals surface area contributed by atoms with Gasteiger partial charge in [0.05, 0.1) is 0 Å². The van der Waals surface area contributed by atoms with E-state index in [1.54, 1.807) is 0 Å². The van der Waals surface area contributed by atoms with Crippen molar-refractivity contribution in [3.8, 4) is 0 Å². The Morgan fingerprint density at radius 1 is 1.06 bits per heavy atom. The number of fused-ring (bicyclic) bond motifs is 3. The second-order valence-corrected chi connectivity index (χ2v) is 4.09. The largest absolute Gasteiger partial charge is 0.267 e. The topological polar surface area (TPSA) is 4.10 Å². The molecule has 0 spiro atoms. The minimum absolute atomic E-state index is 0. The van der Waals surface area contributed by atoms with Gasteiger partial charge in [0.2, 0.25) is 0 Å². The third kappa shape index (κ3) is 1.63. The molecule has 0 saturated carbocycles. The Kier molecular flexibility index (Phi) is 3.18. The first-order valence-electron chi connectivity index (χ1n) is 5.23. The van der Waals surface area contributed by atoms with E-state index in [2.05, 4.69) is 60.8 Å². The van der Waals surface area contributed by atoms with Crippen molar-refractivity contribution >= 4 is 16.3 Å². The van der Waals surface area contributed by atoms with Gasteiger partial charge >= 0.3 is 0 Å². The van der Waals surface area contributed by atoms with E-state index < -0.39 is 0 Å². The molecular formula is C14H13NY. The molecule has 77 valence electrons. The molecule has 2 heterocycles. The van der Waals surface area contributed by atoms with Crippen LogP contribution in [0.3, 0.4) is 0 Å². The van der Waals surface area contributed by atoms with Gasteiger partial charge in [-0.1, -0.05) is 29.7 Å². The molecule has 0 fully saturated rings. The van der Waals surface area contributed by atoms with Gasteiger partial charge in [-0.3, -0.25) is 4.40 Å². The van der Waals surface area contributed by atoms with E-state index >= 15 is 0 Å². The summed E-state index contributed by atoms with van der Waals surface area (Å²) in [5, 5.41) is 2.69. The minimum atomic E-state index is 0. The maximum absolute atomic E-state index is 2.28. The van der Waals surface area contributed by atoms with Crippen LogP contribution in [0, 0.1) is 13.8 Å². The molecule has 3 aromatic rings. The van der Waals surface area contributed by atoms with Crippen LogP contribution in [0.5, 0.6) is 0 Å². The van der Waals surface area contributed by atoms with Crippen molar-refractivity contribution in [3.63, 3.8) is 0 Å². The van der Waals surface area contributed by atoms with E-state index in [-0.39, 0.29) is 32.7 Å². The Bertz CT molecular complexity index is 652. The molecule has 16 heavy (non-hydrogen) atoms. The Morgan fingerprint density at radius 3 is 2.62 bits per heavy atom. The number of nitrogens with zero attached hydrogens (tertiary/aromatic N) is 1. The number of aryl methyl sites for hydroxylation is 2. The van der Waals surface area contributed by atoms with Gasteiger partial charge in [0.1, 0.15) is 17.4 Å². The monoisotopic (exact) mass is 284 g/mol. The van der Waals surface area contributed by atoms with Gasteiger partial charge in [0.25, 0.3) is 0 Å². The maximum atomic E-state index is 2.28. The molecular weight excluding hydrogens is 271 g/mol. The number of pyridine rings is 1. The van der Waals surface area contributed by atoms with Crippen LogP contribution < -0.4 is 4.40 Å². The summed E-state index contributed by atoms with van der Waals surface area (Å²) in [6.45, 7) is 4.30. The van der Waals surface area contributed by atoms with Crippen molar-refractivity contribution in [3.05, 3.63) is 53.9 Å². The molecule has 0 atom stereocenters. The van der Waals surface area contributed by atoms with E-state index in [0.29, 0.717) is 0 Å². The fourth-order valence-electron chi connectivity index (χ4n) is 2.26.